The Balaban J connectivity index is 0. The van der Waals surface area contributed by atoms with Crippen LogP contribution in [-0.4, -0.2) is 8.42 Å². The lowest BCUT2D eigenvalue weighted by Gasteiger charge is -1.95. The summed E-state index contributed by atoms with van der Waals surface area (Å²) in [5.74, 6) is 0. The summed E-state index contributed by atoms with van der Waals surface area (Å²) in [5, 5.41) is 0.947. The van der Waals surface area contributed by atoms with Crippen molar-refractivity contribution in [3.05, 3.63) is 42.3 Å². The maximum Gasteiger partial charge on any atom is 0.199 e. The van der Waals surface area contributed by atoms with Crippen molar-refractivity contribution >= 4 is 9.84 Å². The van der Waals surface area contributed by atoms with Crippen molar-refractivity contribution in [2.75, 3.05) is 0 Å². The largest absolute Gasteiger partial charge is 0.219 e. The van der Waals surface area contributed by atoms with Gasteiger partial charge in [0.05, 0.1) is 4.90 Å². The van der Waals surface area contributed by atoms with Crippen LogP contribution in [0.25, 0.3) is 0 Å². The summed E-state index contributed by atoms with van der Waals surface area (Å²) in [7, 11) is -3.23. The third-order valence-electron chi connectivity index (χ3n) is 1.29. The van der Waals surface area contributed by atoms with E-state index in [9.17, 15) is 8.42 Å². The quantitative estimate of drug-likeness (QED) is 0.774. The highest BCUT2D eigenvalue weighted by atomic mass is 32.2. The van der Waals surface area contributed by atoms with Gasteiger partial charge in [-0.1, -0.05) is 52.5 Å². The van der Waals surface area contributed by atoms with E-state index >= 15 is 0 Å². The maximum absolute atomic E-state index is 11.1. The van der Waals surface area contributed by atoms with Gasteiger partial charge in [0.2, 0.25) is 0 Å². The van der Waals surface area contributed by atoms with Crippen molar-refractivity contribution in [2.24, 2.45) is 0 Å². The number of hydrogen-bond acceptors (Lipinski definition) is 2. The molecule has 15 heavy (non-hydrogen) atoms. The van der Waals surface area contributed by atoms with E-state index in [1.54, 1.807) is 18.2 Å². The molecule has 0 fully saturated rings. The highest BCUT2D eigenvalue weighted by Crippen LogP contribution is 2.09. The molecule has 3 heteroatoms. The highest BCUT2D eigenvalue weighted by molar-refractivity contribution is 7.94. The summed E-state index contributed by atoms with van der Waals surface area (Å²) < 4.78 is 22.2. The smallest absolute Gasteiger partial charge is 0.199 e. The minimum Gasteiger partial charge on any atom is -0.219 e. The molecule has 1 aromatic rings. The van der Waals surface area contributed by atoms with E-state index in [2.05, 4.69) is 6.58 Å². The Bertz CT molecular complexity index is 339. The van der Waals surface area contributed by atoms with Gasteiger partial charge in [0.1, 0.15) is 0 Å². The molecule has 0 saturated carbocycles. The first-order valence-corrected chi connectivity index (χ1v) is 6.64. The molecule has 0 amide bonds. The second-order valence-corrected chi connectivity index (χ2v) is 3.92. The number of sulfone groups is 1. The summed E-state index contributed by atoms with van der Waals surface area (Å²) in [6, 6.07) is 8.20. The summed E-state index contributed by atoms with van der Waals surface area (Å²) >= 11 is 0. The van der Waals surface area contributed by atoms with Crippen LogP contribution in [0.3, 0.4) is 0 Å². The lowest BCUT2D eigenvalue weighted by molar-refractivity contribution is 0.604. The van der Waals surface area contributed by atoms with Crippen molar-refractivity contribution in [1.82, 2.24) is 0 Å². The van der Waals surface area contributed by atoms with E-state index in [1.165, 1.54) is 12.1 Å². The monoisotopic (exact) mass is 228 g/mol. The molecule has 0 saturated heterocycles. The van der Waals surface area contributed by atoms with E-state index in [1.807, 2.05) is 27.7 Å². The van der Waals surface area contributed by atoms with Gasteiger partial charge in [0, 0.05) is 5.41 Å². The van der Waals surface area contributed by atoms with E-state index < -0.39 is 9.84 Å². The molecule has 0 bridgehead atoms. The number of benzene rings is 1. The van der Waals surface area contributed by atoms with Gasteiger partial charge in [-0.25, -0.2) is 8.42 Å². The fourth-order valence-electron chi connectivity index (χ4n) is 0.706. The third kappa shape index (κ3) is 6.07. The molecule has 0 atom stereocenters. The van der Waals surface area contributed by atoms with Crippen molar-refractivity contribution in [2.45, 2.75) is 32.6 Å². The van der Waals surface area contributed by atoms with Gasteiger partial charge in [-0.3, -0.25) is 0 Å². The second-order valence-electron chi connectivity index (χ2n) is 2.02. The normalized spacial score (nSPS) is 8.80. The first kappa shape index (κ1) is 16.3. The van der Waals surface area contributed by atoms with Crippen LogP contribution in [0.2, 0.25) is 0 Å². The standard InChI is InChI=1S/C8H8O2S.2C2H6/c1-2-11(9,10)8-6-4-3-5-7-8;2*1-2/h2-7H,1H2;2*1-2H3. The van der Waals surface area contributed by atoms with Gasteiger partial charge in [-0.2, -0.15) is 0 Å². The first-order valence-electron chi connectivity index (χ1n) is 5.09. The Labute approximate surface area is 93.6 Å². The summed E-state index contributed by atoms with van der Waals surface area (Å²) in [6.45, 7) is 11.2. The molecule has 0 spiro atoms. The molecular weight excluding hydrogens is 208 g/mol. The Morgan fingerprint density at radius 2 is 1.40 bits per heavy atom. The van der Waals surface area contributed by atoms with Crippen molar-refractivity contribution in [3.8, 4) is 0 Å². The van der Waals surface area contributed by atoms with E-state index in [-0.39, 0.29) is 4.90 Å². The van der Waals surface area contributed by atoms with Crippen LogP contribution in [0.5, 0.6) is 0 Å². The zero-order chi connectivity index (χ0) is 12.3. The molecule has 2 nitrogen and oxygen atoms in total. The average molecular weight is 228 g/mol. The second kappa shape index (κ2) is 9.46. The number of hydrogen-bond donors (Lipinski definition) is 0. The fraction of sp³-hybridized carbons (Fsp3) is 0.333. The topological polar surface area (TPSA) is 34.1 Å². The minimum atomic E-state index is -3.23. The summed E-state index contributed by atoms with van der Waals surface area (Å²) in [6.07, 6.45) is 0. The van der Waals surface area contributed by atoms with E-state index in [4.69, 9.17) is 0 Å². The zero-order valence-corrected chi connectivity index (χ0v) is 10.7. The summed E-state index contributed by atoms with van der Waals surface area (Å²) in [5.41, 5.74) is 0. The summed E-state index contributed by atoms with van der Waals surface area (Å²) in [4.78, 5) is 0.287. The Kier molecular flexibility index (Phi) is 10.3. The van der Waals surface area contributed by atoms with Crippen LogP contribution < -0.4 is 0 Å². The average Bonchev–Trinajstić information content (AvgIpc) is 2.35. The lowest BCUT2D eigenvalue weighted by atomic mass is 10.4. The molecule has 0 N–H and O–H groups in total. The van der Waals surface area contributed by atoms with Gasteiger partial charge in [-0.15, -0.1) is 0 Å². The van der Waals surface area contributed by atoms with Gasteiger partial charge in [0.15, 0.2) is 9.84 Å². The molecule has 0 aliphatic heterocycles. The first-order chi connectivity index (χ1) is 7.17. The van der Waals surface area contributed by atoms with E-state index in [0.29, 0.717) is 0 Å². The molecule has 86 valence electrons. The van der Waals surface area contributed by atoms with Gasteiger partial charge >= 0.3 is 0 Å². The molecule has 0 radical (unpaired) electrons. The van der Waals surface area contributed by atoms with Crippen LogP contribution in [0.15, 0.2) is 47.2 Å². The fourth-order valence-corrected chi connectivity index (χ4v) is 1.44. The van der Waals surface area contributed by atoms with Crippen LogP contribution in [0.4, 0.5) is 0 Å². The van der Waals surface area contributed by atoms with Crippen molar-refractivity contribution in [3.63, 3.8) is 0 Å². The van der Waals surface area contributed by atoms with Crippen LogP contribution in [0.1, 0.15) is 27.7 Å². The Morgan fingerprint density at radius 3 is 1.73 bits per heavy atom. The number of rotatable bonds is 2. The van der Waals surface area contributed by atoms with Crippen molar-refractivity contribution < 1.29 is 8.42 Å². The maximum atomic E-state index is 11.1. The van der Waals surface area contributed by atoms with Gasteiger partial charge in [0.25, 0.3) is 0 Å². The van der Waals surface area contributed by atoms with Gasteiger partial charge < -0.3 is 0 Å². The highest BCUT2D eigenvalue weighted by Gasteiger charge is 2.06. The van der Waals surface area contributed by atoms with E-state index in [0.717, 1.165) is 5.41 Å². The van der Waals surface area contributed by atoms with Gasteiger partial charge in [-0.05, 0) is 12.1 Å². The SMILES string of the molecule is C=CS(=O)(=O)c1ccccc1.CC.CC. The molecule has 0 aromatic heterocycles. The molecule has 0 aliphatic carbocycles. The van der Waals surface area contributed by atoms with Crippen molar-refractivity contribution in [1.29, 1.82) is 0 Å². The predicted molar refractivity (Wildman–Crippen MR) is 66.5 cm³/mol. The minimum absolute atomic E-state index is 0.287. The molecule has 0 heterocycles. The Hall–Kier alpha value is -1.09. The molecule has 0 aliphatic rings. The van der Waals surface area contributed by atoms with Crippen LogP contribution >= 0.6 is 0 Å². The predicted octanol–water partition coefficient (Wildman–Crippen LogP) is 3.66. The molecular formula is C12H20O2S. The third-order valence-corrected chi connectivity index (χ3v) is 2.66. The molecule has 1 rings (SSSR count). The Morgan fingerprint density at radius 1 is 1.00 bits per heavy atom. The molecule has 0 unspecified atom stereocenters. The van der Waals surface area contributed by atoms with Crippen LogP contribution in [-0.2, 0) is 9.84 Å². The lowest BCUT2D eigenvalue weighted by Crippen LogP contribution is -1.93. The zero-order valence-electron chi connectivity index (χ0n) is 9.90. The van der Waals surface area contributed by atoms with Crippen LogP contribution in [0, 0.1) is 0 Å². The molecule has 1 aromatic carbocycles.